The number of rotatable bonds is 4. The van der Waals surface area contributed by atoms with Crippen molar-refractivity contribution in [1.82, 2.24) is 9.88 Å². The van der Waals surface area contributed by atoms with Gasteiger partial charge in [0.1, 0.15) is 0 Å². The standard InChI is InChI=1S/C22H26N4O4S/c1-4-30-22(29)24-21-23-17-7-8-25(12-18(17)31-21)20(28)15-10-19(27)26(11-15)16-6-5-13(2)14(3)9-16/h5-6,9,15H,4,7-8,10-12H2,1-3H3,(H,23,24,29). The maximum Gasteiger partial charge on any atom is 0.413 e. The summed E-state index contributed by atoms with van der Waals surface area (Å²) in [5, 5.41) is 3.11. The fraction of sp³-hybridized carbons (Fsp3) is 0.455. The Labute approximate surface area is 185 Å². The molecule has 9 heteroatoms. The number of nitrogens with zero attached hydrogens (tertiary/aromatic N) is 3. The molecule has 1 saturated heterocycles. The number of thiazole rings is 1. The second-order valence-electron chi connectivity index (χ2n) is 7.92. The molecule has 1 fully saturated rings. The zero-order valence-electron chi connectivity index (χ0n) is 17.9. The fourth-order valence-corrected chi connectivity index (χ4v) is 4.98. The van der Waals surface area contributed by atoms with Crippen molar-refractivity contribution in [3.63, 3.8) is 0 Å². The van der Waals surface area contributed by atoms with Crippen LogP contribution in [0.4, 0.5) is 15.6 Å². The van der Waals surface area contributed by atoms with E-state index in [0.29, 0.717) is 37.8 Å². The average molecular weight is 443 g/mol. The molecule has 164 valence electrons. The third kappa shape index (κ3) is 4.41. The molecule has 0 spiro atoms. The fourth-order valence-electron chi connectivity index (χ4n) is 3.97. The number of amides is 3. The van der Waals surface area contributed by atoms with Gasteiger partial charge in [-0.05, 0) is 44.0 Å². The van der Waals surface area contributed by atoms with Gasteiger partial charge >= 0.3 is 6.09 Å². The third-order valence-electron chi connectivity index (χ3n) is 5.80. The molecule has 1 aromatic carbocycles. The highest BCUT2D eigenvalue weighted by Gasteiger charge is 2.38. The van der Waals surface area contributed by atoms with Crippen LogP contribution in [0.15, 0.2) is 18.2 Å². The number of aromatic nitrogens is 1. The Kier molecular flexibility index (Phi) is 5.95. The number of benzene rings is 1. The van der Waals surface area contributed by atoms with Gasteiger partial charge in [-0.3, -0.25) is 14.9 Å². The zero-order valence-corrected chi connectivity index (χ0v) is 18.8. The van der Waals surface area contributed by atoms with Crippen molar-refractivity contribution in [1.29, 1.82) is 0 Å². The van der Waals surface area contributed by atoms with E-state index in [9.17, 15) is 14.4 Å². The smallest absolute Gasteiger partial charge is 0.413 e. The summed E-state index contributed by atoms with van der Waals surface area (Å²) in [6.07, 6.45) is 0.328. The Bertz CT molecular complexity index is 1030. The van der Waals surface area contributed by atoms with Crippen LogP contribution < -0.4 is 10.2 Å². The summed E-state index contributed by atoms with van der Waals surface area (Å²) in [6, 6.07) is 5.95. The van der Waals surface area contributed by atoms with Crippen LogP contribution in [0.25, 0.3) is 0 Å². The van der Waals surface area contributed by atoms with Crippen LogP contribution in [-0.2, 0) is 27.3 Å². The van der Waals surface area contributed by atoms with Crippen LogP contribution in [-0.4, -0.2) is 47.5 Å². The minimum Gasteiger partial charge on any atom is -0.450 e. The van der Waals surface area contributed by atoms with Crippen molar-refractivity contribution in [2.45, 2.75) is 40.2 Å². The first-order valence-corrected chi connectivity index (χ1v) is 11.3. The van der Waals surface area contributed by atoms with Gasteiger partial charge in [-0.25, -0.2) is 9.78 Å². The van der Waals surface area contributed by atoms with Crippen LogP contribution in [0.5, 0.6) is 0 Å². The molecular formula is C22H26N4O4S. The summed E-state index contributed by atoms with van der Waals surface area (Å²) >= 11 is 1.36. The molecule has 1 unspecified atom stereocenters. The maximum absolute atomic E-state index is 13.2. The number of hydrogen-bond donors (Lipinski definition) is 1. The predicted octanol–water partition coefficient (Wildman–Crippen LogP) is 3.27. The van der Waals surface area contributed by atoms with E-state index in [1.165, 1.54) is 16.9 Å². The molecule has 3 amide bonds. The van der Waals surface area contributed by atoms with E-state index >= 15 is 0 Å². The highest BCUT2D eigenvalue weighted by atomic mass is 32.1. The molecule has 0 radical (unpaired) electrons. The molecule has 2 aromatic rings. The van der Waals surface area contributed by atoms with E-state index in [1.807, 2.05) is 32.0 Å². The summed E-state index contributed by atoms with van der Waals surface area (Å²) < 4.78 is 4.89. The summed E-state index contributed by atoms with van der Waals surface area (Å²) in [6.45, 7) is 7.50. The molecule has 2 aliphatic heterocycles. The monoisotopic (exact) mass is 442 g/mol. The molecule has 4 rings (SSSR count). The lowest BCUT2D eigenvalue weighted by atomic mass is 10.1. The Morgan fingerprint density at radius 1 is 1.29 bits per heavy atom. The van der Waals surface area contributed by atoms with Gasteiger partial charge < -0.3 is 14.5 Å². The van der Waals surface area contributed by atoms with Crippen LogP contribution in [0.1, 0.15) is 35.0 Å². The average Bonchev–Trinajstić information content (AvgIpc) is 3.31. The first-order valence-electron chi connectivity index (χ1n) is 10.4. The largest absolute Gasteiger partial charge is 0.450 e. The van der Waals surface area contributed by atoms with Crippen LogP contribution in [0, 0.1) is 19.8 Å². The number of aryl methyl sites for hydroxylation is 2. The quantitative estimate of drug-likeness (QED) is 0.785. The van der Waals surface area contributed by atoms with Crippen LogP contribution in [0.2, 0.25) is 0 Å². The molecule has 3 heterocycles. The molecule has 8 nitrogen and oxygen atoms in total. The van der Waals surface area contributed by atoms with E-state index < -0.39 is 6.09 Å². The van der Waals surface area contributed by atoms with Gasteiger partial charge in [0.25, 0.3) is 0 Å². The summed E-state index contributed by atoms with van der Waals surface area (Å²) in [5.74, 6) is -0.364. The molecule has 0 aliphatic carbocycles. The topological polar surface area (TPSA) is 91.8 Å². The molecular weight excluding hydrogens is 416 g/mol. The molecule has 31 heavy (non-hydrogen) atoms. The SMILES string of the molecule is CCOC(=O)Nc1nc2c(s1)CN(C(=O)C1CC(=O)N(c3ccc(C)c(C)c3)C1)CC2. The normalized spacial score (nSPS) is 18.2. The van der Waals surface area contributed by atoms with Crippen molar-refractivity contribution in [2.75, 3.05) is 29.9 Å². The summed E-state index contributed by atoms with van der Waals surface area (Å²) in [5.41, 5.74) is 4.05. The Morgan fingerprint density at radius 3 is 2.84 bits per heavy atom. The predicted molar refractivity (Wildman–Crippen MR) is 118 cm³/mol. The first-order chi connectivity index (χ1) is 14.9. The number of carbonyl (C=O) groups is 3. The second-order valence-corrected chi connectivity index (χ2v) is 9.00. The van der Waals surface area contributed by atoms with Gasteiger partial charge in [-0.2, -0.15) is 0 Å². The van der Waals surface area contributed by atoms with Crippen LogP contribution in [0.3, 0.4) is 0 Å². The molecule has 2 aliphatic rings. The Hall–Kier alpha value is -2.94. The number of nitrogens with one attached hydrogen (secondary N) is 1. The number of ether oxygens (including phenoxy) is 1. The van der Waals surface area contributed by atoms with Crippen LogP contribution >= 0.6 is 11.3 Å². The minimum absolute atomic E-state index is 0.00126. The number of anilines is 2. The number of hydrogen-bond acceptors (Lipinski definition) is 6. The van der Waals surface area contributed by atoms with Crippen molar-refractivity contribution in [2.24, 2.45) is 5.92 Å². The second kappa shape index (κ2) is 8.66. The van der Waals surface area contributed by atoms with Gasteiger partial charge in [0.15, 0.2) is 5.13 Å². The van der Waals surface area contributed by atoms with Gasteiger partial charge in [-0.15, -0.1) is 0 Å². The first kappa shape index (κ1) is 21.3. The van der Waals surface area contributed by atoms with Crippen molar-refractivity contribution in [3.8, 4) is 0 Å². The molecule has 0 saturated carbocycles. The van der Waals surface area contributed by atoms with Crippen molar-refractivity contribution >= 4 is 40.1 Å². The van der Waals surface area contributed by atoms with E-state index in [1.54, 1.807) is 16.7 Å². The molecule has 1 atom stereocenters. The highest BCUT2D eigenvalue weighted by molar-refractivity contribution is 7.15. The lowest BCUT2D eigenvalue weighted by molar-refractivity contribution is -0.136. The van der Waals surface area contributed by atoms with Crippen molar-refractivity contribution in [3.05, 3.63) is 39.9 Å². The Morgan fingerprint density at radius 2 is 2.10 bits per heavy atom. The van der Waals surface area contributed by atoms with Gasteiger partial charge in [-0.1, -0.05) is 17.4 Å². The highest BCUT2D eigenvalue weighted by Crippen LogP contribution is 2.32. The molecule has 1 aromatic heterocycles. The lowest BCUT2D eigenvalue weighted by Crippen LogP contribution is -2.40. The maximum atomic E-state index is 13.2. The Balaban J connectivity index is 1.41. The van der Waals surface area contributed by atoms with Crippen molar-refractivity contribution < 1.29 is 19.1 Å². The van der Waals surface area contributed by atoms with E-state index in [4.69, 9.17) is 4.74 Å². The lowest BCUT2D eigenvalue weighted by Gasteiger charge is -2.28. The summed E-state index contributed by atoms with van der Waals surface area (Å²) in [4.78, 5) is 46.3. The number of fused-ring (bicyclic) bond motifs is 1. The zero-order chi connectivity index (χ0) is 22.1. The third-order valence-corrected chi connectivity index (χ3v) is 6.80. The minimum atomic E-state index is -0.530. The summed E-state index contributed by atoms with van der Waals surface area (Å²) in [7, 11) is 0. The van der Waals surface area contributed by atoms with Gasteiger partial charge in [0.2, 0.25) is 11.8 Å². The van der Waals surface area contributed by atoms with E-state index in [0.717, 1.165) is 21.8 Å². The van der Waals surface area contributed by atoms with Gasteiger partial charge in [0.05, 0.1) is 24.8 Å². The van der Waals surface area contributed by atoms with E-state index in [2.05, 4.69) is 10.3 Å². The molecule has 0 bridgehead atoms. The number of carbonyl (C=O) groups excluding carboxylic acids is 3. The molecule has 1 N–H and O–H groups in total. The van der Waals surface area contributed by atoms with E-state index in [-0.39, 0.29) is 24.2 Å². The van der Waals surface area contributed by atoms with Gasteiger partial charge in [0, 0.05) is 36.5 Å².